The van der Waals surface area contributed by atoms with Crippen molar-refractivity contribution in [3.8, 4) is 6.07 Å². The quantitative estimate of drug-likeness (QED) is 0.627. The summed E-state index contributed by atoms with van der Waals surface area (Å²) in [5.41, 5.74) is -1.19. The van der Waals surface area contributed by atoms with Crippen LogP contribution < -0.4 is 0 Å². The number of nitrogens with zero attached hydrogens (tertiary/aromatic N) is 2. The third kappa shape index (κ3) is 5.26. The summed E-state index contributed by atoms with van der Waals surface area (Å²) in [6.45, 7) is 0. The summed E-state index contributed by atoms with van der Waals surface area (Å²) in [6, 6.07) is 3.38. The van der Waals surface area contributed by atoms with Crippen LogP contribution in [0.3, 0.4) is 0 Å². The normalized spacial score (nSPS) is 12.2. The Balaban J connectivity index is 2.95. The summed E-state index contributed by atoms with van der Waals surface area (Å²) in [5.74, 6) is -0.517. The van der Waals surface area contributed by atoms with Crippen LogP contribution >= 0.6 is 22.4 Å². The van der Waals surface area contributed by atoms with Gasteiger partial charge in [-0.05, 0) is 12.1 Å². The number of hydrogen-bond acceptors (Lipinski definition) is 5. The maximum atomic E-state index is 12.4. The van der Waals surface area contributed by atoms with Gasteiger partial charge in [-0.25, -0.2) is 13.4 Å². The van der Waals surface area contributed by atoms with Crippen LogP contribution in [-0.4, -0.2) is 24.9 Å². The SMILES string of the molecule is N#Cc1ccc(C(F)(F)F)nc1SCCS(=O)(=O)Cl. The first-order valence-corrected chi connectivity index (χ1v) is 8.13. The topological polar surface area (TPSA) is 70.8 Å². The molecule has 1 heterocycles. The van der Waals surface area contributed by atoms with E-state index >= 15 is 0 Å². The molecule has 0 aromatic carbocycles. The average molecular weight is 331 g/mol. The van der Waals surface area contributed by atoms with Crippen molar-refractivity contribution in [2.45, 2.75) is 11.2 Å². The van der Waals surface area contributed by atoms with Gasteiger partial charge < -0.3 is 0 Å². The van der Waals surface area contributed by atoms with Gasteiger partial charge in [0.1, 0.15) is 16.8 Å². The van der Waals surface area contributed by atoms with Crippen LogP contribution in [0.15, 0.2) is 17.2 Å². The largest absolute Gasteiger partial charge is 0.433 e. The number of hydrogen-bond donors (Lipinski definition) is 0. The Bertz CT molecular complexity index is 611. The highest BCUT2D eigenvalue weighted by Gasteiger charge is 2.33. The highest BCUT2D eigenvalue weighted by molar-refractivity contribution is 8.14. The van der Waals surface area contributed by atoms with Crippen molar-refractivity contribution < 1.29 is 21.6 Å². The fourth-order valence-electron chi connectivity index (χ4n) is 1.03. The van der Waals surface area contributed by atoms with Crippen molar-refractivity contribution in [1.29, 1.82) is 5.26 Å². The van der Waals surface area contributed by atoms with E-state index < -0.39 is 26.7 Å². The fraction of sp³-hybridized carbons (Fsp3) is 0.333. The molecule has 19 heavy (non-hydrogen) atoms. The van der Waals surface area contributed by atoms with Gasteiger partial charge in [0, 0.05) is 16.4 Å². The molecule has 0 aliphatic rings. The van der Waals surface area contributed by atoms with Gasteiger partial charge >= 0.3 is 6.18 Å². The average Bonchev–Trinajstić information content (AvgIpc) is 2.26. The second kappa shape index (κ2) is 5.98. The van der Waals surface area contributed by atoms with Gasteiger partial charge in [0.2, 0.25) is 9.05 Å². The lowest BCUT2D eigenvalue weighted by Gasteiger charge is -2.08. The lowest BCUT2D eigenvalue weighted by molar-refractivity contribution is -0.141. The van der Waals surface area contributed by atoms with E-state index in [2.05, 4.69) is 4.98 Å². The second-order valence-corrected chi connectivity index (χ2v) is 7.23. The highest BCUT2D eigenvalue weighted by Crippen LogP contribution is 2.30. The molecule has 0 saturated carbocycles. The van der Waals surface area contributed by atoms with Gasteiger partial charge in [-0.2, -0.15) is 18.4 Å². The summed E-state index contributed by atoms with van der Waals surface area (Å²) in [5, 5.41) is 8.57. The van der Waals surface area contributed by atoms with Gasteiger partial charge in [0.05, 0.1) is 11.3 Å². The maximum Gasteiger partial charge on any atom is 0.433 e. The van der Waals surface area contributed by atoms with Crippen molar-refractivity contribution in [2.75, 3.05) is 11.5 Å². The maximum absolute atomic E-state index is 12.4. The number of pyridine rings is 1. The minimum Gasteiger partial charge on any atom is -0.236 e. The zero-order chi connectivity index (χ0) is 14.7. The Hall–Kier alpha value is -0.980. The molecular weight excluding hydrogens is 325 g/mol. The first kappa shape index (κ1) is 16.1. The van der Waals surface area contributed by atoms with Gasteiger partial charge in [-0.1, -0.05) is 0 Å². The molecule has 0 unspecified atom stereocenters. The number of rotatable bonds is 4. The van der Waals surface area contributed by atoms with Crippen molar-refractivity contribution in [2.24, 2.45) is 0 Å². The van der Waals surface area contributed by atoms with Crippen molar-refractivity contribution in [3.05, 3.63) is 23.4 Å². The Kier molecular flexibility index (Phi) is 5.06. The molecule has 0 aliphatic heterocycles. The number of aromatic nitrogens is 1. The lowest BCUT2D eigenvalue weighted by atomic mass is 10.2. The Morgan fingerprint density at radius 3 is 2.53 bits per heavy atom. The minimum atomic E-state index is -4.62. The highest BCUT2D eigenvalue weighted by atomic mass is 35.7. The smallest absolute Gasteiger partial charge is 0.236 e. The lowest BCUT2D eigenvalue weighted by Crippen LogP contribution is -2.09. The predicted molar refractivity (Wildman–Crippen MR) is 64.3 cm³/mol. The number of alkyl halides is 3. The Morgan fingerprint density at radius 2 is 2.05 bits per heavy atom. The molecule has 0 fully saturated rings. The standard InChI is InChI=1S/C9H6ClF3N2O2S2/c10-19(16,17)4-3-18-8-6(5-14)1-2-7(15-8)9(11,12)13/h1-2H,3-4H2. The van der Waals surface area contributed by atoms with Gasteiger partial charge in [-0.15, -0.1) is 11.8 Å². The Morgan fingerprint density at radius 1 is 1.42 bits per heavy atom. The molecule has 1 aromatic rings. The fourth-order valence-corrected chi connectivity index (χ4v) is 3.35. The molecular formula is C9H6ClF3N2O2S2. The molecule has 0 spiro atoms. The van der Waals surface area contributed by atoms with Crippen LogP contribution in [0.25, 0.3) is 0 Å². The molecule has 0 amide bonds. The van der Waals surface area contributed by atoms with E-state index in [4.69, 9.17) is 15.9 Å². The van der Waals surface area contributed by atoms with E-state index in [1.807, 2.05) is 0 Å². The van der Waals surface area contributed by atoms with Crippen LogP contribution in [0.2, 0.25) is 0 Å². The van der Waals surface area contributed by atoms with Crippen LogP contribution in [0.4, 0.5) is 13.2 Å². The first-order chi connectivity index (χ1) is 8.63. The zero-order valence-corrected chi connectivity index (χ0v) is 11.5. The summed E-state index contributed by atoms with van der Waals surface area (Å²) in [7, 11) is 1.24. The molecule has 0 atom stereocenters. The van der Waals surface area contributed by atoms with E-state index in [0.29, 0.717) is 6.07 Å². The van der Waals surface area contributed by atoms with E-state index in [0.717, 1.165) is 17.8 Å². The van der Waals surface area contributed by atoms with Crippen LogP contribution in [0, 0.1) is 11.3 Å². The second-order valence-electron chi connectivity index (χ2n) is 3.25. The monoisotopic (exact) mass is 330 g/mol. The molecule has 0 radical (unpaired) electrons. The van der Waals surface area contributed by atoms with Crippen LogP contribution in [0.1, 0.15) is 11.3 Å². The molecule has 1 aromatic heterocycles. The third-order valence-electron chi connectivity index (χ3n) is 1.84. The molecule has 10 heteroatoms. The predicted octanol–water partition coefficient (Wildman–Crippen LogP) is 2.63. The molecule has 1 rings (SSSR count). The number of halogens is 4. The number of nitriles is 1. The van der Waals surface area contributed by atoms with Crippen molar-refractivity contribution in [1.82, 2.24) is 4.98 Å². The minimum absolute atomic E-state index is 0.0510. The molecule has 0 aliphatic carbocycles. The van der Waals surface area contributed by atoms with E-state index in [9.17, 15) is 21.6 Å². The Labute approximate surface area is 116 Å². The van der Waals surface area contributed by atoms with Gasteiger partial charge in [0.15, 0.2) is 0 Å². The van der Waals surface area contributed by atoms with Crippen LogP contribution in [-0.2, 0) is 15.2 Å². The molecule has 0 bridgehead atoms. The van der Waals surface area contributed by atoms with Crippen molar-refractivity contribution in [3.63, 3.8) is 0 Å². The summed E-state index contributed by atoms with van der Waals surface area (Å²) >= 11 is 0.732. The van der Waals surface area contributed by atoms with E-state index in [1.54, 1.807) is 6.07 Å². The van der Waals surface area contributed by atoms with Crippen LogP contribution in [0.5, 0.6) is 0 Å². The molecule has 4 nitrogen and oxygen atoms in total. The third-order valence-corrected chi connectivity index (χ3v) is 4.24. The summed E-state index contributed by atoms with van der Waals surface area (Å²) < 4.78 is 58.7. The summed E-state index contributed by atoms with van der Waals surface area (Å²) in [4.78, 5) is 3.31. The van der Waals surface area contributed by atoms with E-state index in [1.165, 1.54) is 0 Å². The number of thioether (sulfide) groups is 1. The van der Waals surface area contributed by atoms with Crippen molar-refractivity contribution >= 4 is 31.5 Å². The van der Waals surface area contributed by atoms with Gasteiger partial charge in [0.25, 0.3) is 0 Å². The summed E-state index contributed by atoms with van der Waals surface area (Å²) in [6.07, 6.45) is -4.62. The molecule has 0 N–H and O–H groups in total. The molecule has 104 valence electrons. The zero-order valence-electron chi connectivity index (χ0n) is 9.11. The first-order valence-electron chi connectivity index (χ1n) is 4.67. The van der Waals surface area contributed by atoms with E-state index in [-0.39, 0.29) is 16.3 Å². The molecule has 0 saturated heterocycles. The van der Waals surface area contributed by atoms with Gasteiger partial charge in [-0.3, -0.25) is 0 Å².